The third-order valence-corrected chi connectivity index (χ3v) is 3.22. The van der Waals surface area contributed by atoms with Crippen molar-refractivity contribution in [3.63, 3.8) is 0 Å². The van der Waals surface area contributed by atoms with E-state index in [4.69, 9.17) is 4.42 Å². The predicted octanol–water partition coefficient (Wildman–Crippen LogP) is 4.04. The highest BCUT2D eigenvalue weighted by Gasteiger charge is 2.08. The Labute approximate surface area is 109 Å². The first-order valence-corrected chi connectivity index (χ1v) is 6.09. The Morgan fingerprint density at radius 3 is 2.68 bits per heavy atom. The van der Waals surface area contributed by atoms with Crippen LogP contribution in [-0.2, 0) is 0 Å². The molecule has 0 aliphatic heterocycles. The van der Waals surface area contributed by atoms with E-state index in [0.717, 1.165) is 33.2 Å². The van der Waals surface area contributed by atoms with Gasteiger partial charge in [-0.15, -0.1) is 0 Å². The highest BCUT2D eigenvalue weighted by Crippen LogP contribution is 2.30. The topological polar surface area (TPSA) is 38.9 Å². The number of furan rings is 1. The molecule has 0 saturated carbocycles. The Hall–Kier alpha value is -2.68. The molecule has 90 valence electrons. The Morgan fingerprint density at radius 2 is 1.79 bits per heavy atom. The minimum atomic E-state index is 0.814. The molecule has 3 aromatic heterocycles. The van der Waals surface area contributed by atoms with E-state index in [1.165, 1.54) is 0 Å². The van der Waals surface area contributed by atoms with Crippen molar-refractivity contribution in [2.75, 3.05) is 0 Å². The molecule has 0 fully saturated rings. The van der Waals surface area contributed by atoms with Crippen molar-refractivity contribution < 1.29 is 4.42 Å². The summed E-state index contributed by atoms with van der Waals surface area (Å²) >= 11 is 0. The summed E-state index contributed by atoms with van der Waals surface area (Å²) in [5.41, 5.74) is 3.62. The number of pyridine rings is 2. The molecule has 1 aromatic carbocycles. The first-order valence-electron chi connectivity index (χ1n) is 6.09. The first-order chi connectivity index (χ1) is 9.42. The summed E-state index contributed by atoms with van der Waals surface area (Å²) in [6.45, 7) is 0. The molecule has 3 heteroatoms. The van der Waals surface area contributed by atoms with Gasteiger partial charge >= 0.3 is 0 Å². The van der Waals surface area contributed by atoms with Gasteiger partial charge in [0.15, 0.2) is 5.58 Å². The predicted molar refractivity (Wildman–Crippen MR) is 74.7 cm³/mol. The van der Waals surface area contributed by atoms with Crippen molar-refractivity contribution in [2.24, 2.45) is 0 Å². The van der Waals surface area contributed by atoms with Gasteiger partial charge in [-0.05, 0) is 24.3 Å². The van der Waals surface area contributed by atoms with Crippen LogP contribution in [-0.4, -0.2) is 9.97 Å². The maximum atomic E-state index is 5.77. The molecule has 0 radical (unpaired) electrons. The van der Waals surface area contributed by atoms with E-state index in [0.29, 0.717) is 0 Å². The molecule has 0 spiro atoms. The number of rotatable bonds is 1. The van der Waals surface area contributed by atoms with Gasteiger partial charge in [-0.3, -0.25) is 9.97 Å². The standard InChI is InChI=1S/C16H10N2O/c1-2-6-15-12(5-1)13-8-14(18-10-16(13)19-15)11-4-3-7-17-9-11/h1-10H. The molecule has 0 aliphatic rings. The van der Waals surface area contributed by atoms with Gasteiger partial charge in [-0.1, -0.05) is 18.2 Å². The van der Waals surface area contributed by atoms with Crippen molar-refractivity contribution in [1.82, 2.24) is 9.97 Å². The minimum absolute atomic E-state index is 0.814. The average molecular weight is 246 g/mol. The lowest BCUT2D eigenvalue weighted by molar-refractivity contribution is 0.667. The first kappa shape index (κ1) is 10.3. The fraction of sp³-hybridized carbons (Fsp3) is 0. The number of aromatic nitrogens is 2. The van der Waals surface area contributed by atoms with Crippen LogP contribution in [0.3, 0.4) is 0 Å². The number of benzene rings is 1. The molecular weight excluding hydrogens is 236 g/mol. The average Bonchev–Trinajstić information content (AvgIpc) is 2.86. The van der Waals surface area contributed by atoms with Crippen LogP contribution in [0.15, 0.2) is 65.5 Å². The number of nitrogens with zero attached hydrogens (tertiary/aromatic N) is 2. The van der Waals surface area contributed by atoms with Crippen molar-refractivity contribution in [1.29, 1.82) is 0 Å². The van der Waals surface area contributed by atoms with E-state index in [1.807, 2.05) is 36.5 Å². The van der Waals surface area contributed by atoms with E-state index in [1.54, 1.807) is 12.4 Å². The Morgan fingerprint density at radius 1 is 0.842 bits per heavy atom. The zero-order valence-electron chi connectivity index (χ0n) is 10.1. The number of hydrogen-bond acceptors (Lipinski definition) is 3. The van der Waals surface area contributed by atoms with Gasteiger partial charge in [-0.25, -0.2) is 0 Å². The molecule has 0 atom stereocenters. The maximum Gasteiger partial charge on any atom is 0.153 e. The number of hydrogen-bond donors (Lipinski definition) is 0. The van der Waals surface area contributed by atoms with Crippen molar-refractivity contribution >= 4 is 21.9 Å². The molecule has 0 N–H and O–H groups in total. The molecule has 3 heterocycles. The fourth-order valence-electron chi connectivity index (χ4n) is 2.30. The van der Waals surface area contributed by atoms with E-state index >= 15 is 0 Å². The molecule has 3 nitrogen and oxygen atoms in total. The van der Waals surface area contributed by atoms with Crippen LogP contribution >= 0.6 is 0 Å². The van der Waals surface area contributed by atoms with Crippen LogP contribution in [0, 0.1) is 0 Å². The highest BCUT2D eigenvalue weighted by atomic mass is 16.3. The zero-order chi connectivity index (χ0) is 12.7. The van der Waals surface area contributed by atoms with Crippen molar-refractivity contribution in [3.8, 4) is 11.3 Å². The normalized spacial score (nSPS) is 11.2. The van der Waals surface area contributed by atoms with Crippen LogP contribution in [0.25, 0.3) is 33.2 Å². The van der Waals surface area contributed by atoms with Gasteiger partial charge < -0.3 is 4.42 Å². The third-order valence-electron chi connectivity index (χ3n) is 3.22. The van der Waals surface area contributed by atoms with Crippen LogP contribution in [0.2, 0.25) is 0 Å². The van der Waals surface area contributed by atoms with Crippen molar-refractivity contribution in [3.05, 3.63) is 61.1 Å². The monoisotopic (exact) mass is 246 g/mol. The molecule has 4 rings (SSSR count). The lowest BCUT2D eigenvalue weighted by atomic mass is 10.1. The Bertz CT molecular complexity index is 866. The Balaban J connectivity index is 2.03. The molecule has 0 aliphatic carbocycles. The lowest BCUT2D eigenvalue weighted by Crippen LogP contribution is -1.83. The van der Waals surface area contributed by atoms with Crippen LogP contribution < -0.4 is 0 Å². The number of para-hydroxylation sites is 1. The second kappa shape index (κ2) is 3.92. The van der Waals surface area contributed by atoms with Gasteiger partial charge in [0, 0.05) is 28.7 Å². The molecule has 19 heavy (non-hydrogen) atoms. The summed E-state index contributed by atoms with van der Waals surface area (Å²) in [5, 5.41) is 2.20. The number of fused-ring (bicyclic) bond motifs is 3. The molecule has 4 aromatic rings. The zero-order valence-corrected chi connectivity index (χ0v) is 10.1. The fourth-order valence-corrected chi connectivity index (χ4v) is 2.30. The maximum absolute atomic E-state index is 5.77. The summed E-state index contributed by atoms with van der Waals surface area (Å²) in [6.07, 6.45) is 5.35. The quantitative estimate of drug-likeness (QED) is 0.508. The van der Waals surface area contributed by atoms with Gasteiger partial charge in [0.05, 0.1) is 11.9 Å². The lowest BCUT2D eigenvalue weighted by Gasteiger charge is -1.99. The van der Waals surface area contributed by atoms with Gasteiger partial charge in [-0.2, -0.15) is 0 Å². The van der Waals surface area contributed by atoms with E-state index in [9.17, 15) is 0 Å². The molecule has 0 bridgehead atoms. The molecular formula is C16H10N2O. The largest absolute Gasteiger partial charge is 0.454 e. The van der Waals surface area contributed by atoms with E-state index in [-0.39, 0.29) is 0 Å². The molecule has 0 amide bonds. The highest BCUT2D eigenvalue weighted by molar-refractivity contribution is 6.05. The summed E-state index contributed by atoms with van der Waals surface area (Å²) in [6, 6.07) is 14.0. The summed E-state index contributed by atoms with van der Waals surface area (Å²) < 4.78 is 5.77. The van der Waals surface area contributed by atoms with E-state index in [2.05, 4.69) is 22.1 Å². The van der Waals surface area contributed by atoms with E-state index < -0.39 is 0 Å². The SMILES string of the molecule is c1cncc(-c2cc3c(cn2)oc2ccccc23)c1. The van der Waals surface area contributed by atoms with Gasteiger partial charge in [0.25, 0.3) is 0 Å². The van der Waals surface area contributed by atoms with Crippen molar-refractivity contribution in [2.45, 2.75) is 0 Å². The molecule has 0 unspecified atom stereocenters. The van der Waals surface area contributed by atoms with Crippen LogP contribution in [0.4, 0.5) is 0 Å². The van der Waals surface area contributed by atoms with Gasteiger partial charge in [0.2, 0.25) is 0 Å². The summed E-state index contributed by atoms with van der Waals surface area (Å²) in [4.78, 5) is 8.57. The Kier molecular flexibility index (Phi) is 2.12. The van der Waals surface area contributed by atoms with Crippen LogP contribution in [0.5, 0.6) is 0 Å². The summed E-state index contributed by atoms with van der Waals surface area (Å²) in [7, 11) is 0. The minimum Gasteiger partial charge on any atom is -0.454 e. The second-order valence-corrected chi connectivity index (χ2v) is 4.41. The second-order valence-electron chi connectivity index (χ2n) is 4.41. The summed E-state index contributed by atoms with van der Waals surface area (Å²) in [5.74, 6) is 0. The molecule has 0 saturated heterocycles. The van der Waals surface area contributed by atoms with Crippen LogP contribution in [0.1, 0.15) is 0 Å². The smallest absolute Gasteiger partial charge is 0.153 e. The third kappa shape index (κ3) is 1.59. The van der Waals surface area contributed by atoms with Gasteiger partial charge in [0.1, 0.15) is 5.58 Å².